The lowest BCUT2D eigenvalue weighted by Gasteiger charge is -2.03. The molecule has 5 nitrogen and oxygen atoms in total. The molecule has 1 N–H and O–H groups in total. The van der Waals surface area contributed by atoms with E-state index in [1.807, 2.05) is 0 Å². The van der Waals surface area contributed by atoms with Gasteiger partial charge >= 0.3 is 0 Å². The number of hydrogen-bond acceptors (Lipinski definition) is 4. The molecule has 1 aromatic heterocycles. The predicted octanol–water partition coefficient (Wildman–Crippen LogP) is 1.06. The third-order valence-corrected chi connectivity index (χ3v) is 2.59. The van der Waals surface area contributed by atoms with Crippen molar-refractivity contribution in [1.82, 2.24) is 25.5 Å². The number of nitrogens with one attached hydrogen (secondary N) is 1. The van der Waals surface area contributed by atoms with E-state index in [0.29, 0.717) is 6.54 Å². The molecule has 17 heavy (non-hydrogen) atoms. The van der Waals surface area contributed by atoms with Gasteiger partial charge in [-0.25, -0.2) is 0 Å². The van der Waals surface area contributed by atoms with E-state index in [4.69, 9.17) is 0 Å². The second-order valence-electron chi connectivity index (χ2n) is 3.97. The van der Waals surface area contributed by atoms with E-state index in [9.17, 15) is 0 Å². The van der Waals surface area contributed by atoms with Gasteiger partial charge in [0.15, 0.2) is 5.82 Å². The molecule has 0 radical (unpaired) electrons. The molecule has 0 aliphatic heterocycles. The monoisotopic (exact) mass is 231 g/mol. The number of hydrogen-bond donors (Lipinski definition) is 1. The Morgan fingerprint density at radius 3 is 2.41 bits per heavy atom. The molecule has 0 bridgehead atoms. The van der Waals surface area contributed by atoms with Crippen molar-refractivity contribution in [3.8, 4) is 0 Å². The van der Waals surface area contributed by atoms with Crippen LogP contribution in [-0.4, -0.2) is 20.2 Å². The Morgan fingerprint density at radius 1 is 1.12 bits per heavy atom. The zero-order chi connectivity index (χ0) is 12.1. The van der Waals surface area contributed by atoms with Gasteiger partial charge in [-0.1, -0.05) is 31.2 Å². The van der Waals surface area contributed by atoms with E-state index in [-0.39, 0.29) is 0 Å². The molecule has 1 aromatic carbocycles. The highest BCUT2D eigenvalue weighted by atomic mass is 15.6. The molecular weight excluding hydrogens is 214 g/mol. The van der Waals surface area contributed by atoms with Gasteiger partial charge in [0.1, 0.15) is 0 Å². The van der Waals surface area contributed by atoms with Gasteiger partial charge in [0.05, 0.1) is 13.6 Å². The Kier molecular flexibility index (Phi) is 3.82. The second-order valence-corrected chi connectivity index (χ2v) is 3.97. The first kappa shape index (κ1) is 11.7. The van der Waals surface area contributed by atoms with Crippen molar-refractivity contribution < 1.29 is 0 Å². The van der Waals surface area contributed by atoms with Crippen LogP contribution in [0.3, 0.4) is 0 Å². The van der Waals surface area contributed by atoms with Gasteiger partial charge < -0.3 is 5.32 Å². The van der Waals surface area contributed by atoms with Crippen molar-refractivity contribution in [1.29, 1.82) is 0 Å². The number of benzene rings is 1. The summed E-state index contributed by atoms with van der Waals surface area (Å²) >= 11 is 0. The highest BCUT2D eigenvalue weighted by Gasteiger charge is 1.99. The molecule has 0 amide bonds. The van der Waals surface area contributed by atoms with Crippen LogP contribution in [0.2, 0.25) is 0 Å². The third kappa shape index (κ3) is 3.35. The van der Waals surface area contributed by atoms with Gasteiger partial charge in [-0.05, 0) is 22.8 Å². The number of rotatable bonds is 5. The van der Waals surface area contributed by atoms with Gasteiger partial charge in [0.25, 0.3) is 0 Å². The van der Waals surface area contributed by atoms with Crippen LogP contribution in [-0.2, 0) is 26.6 Å². The molecule has 0 aliphatic carbocycles. The SMILES string of the molecule is CCc1ccc(CNCc2nnn(C)n2)cc1. The van der Waals surface area contributed by atoms with E-state index in [2.05, 4.69) is 51.9 Å². The first-order chi connectivity index (χ1) is 8.28. The van der Waals surface area contributed by atoms with Crippen LogP contribution in [0.15, 0.2) is 24.3 Å². The van der Waals surface area contributed by atoms with Crippen LogP contribution in [0.25, 0.3) is 0 Å². The zero-order valence-electron chi connectivity index (χ0n) is 10.2. The highest BCUT2D eigenvalue weighted by Crippen LogP contribution is 2.04. The van der Waals surface area contributed by atoms with Crippen molar-refractivity contribution in [3.05, 3.63) is 41.2 Å². The summed E-state index contributed by atoms with van der Waals surface area (Å²) in [7, 11) is 1.76. The first-order valence-electron chi connectivity index (χ1n) is 5.79. The van der Waals surface area contributed by atoms with E-state index >= 15 is 0 Å². The van der Waals surface area contributed by atoms with Crippen LogP contribution in [0.4, 0.5) is 0 Å². The summed E-state index contributed by atoms with van der Waals surface area (Å²) in [5.74, 6) is 0.720. The lowest BCUT2D eigenvalue weighted by molar-refractivity contribution is 0.619. The van der Waals surface area contributed by atoms with E-state index < -0.39 is 0 Å². The second kappa shape index (κ2) is 5.54. The fourth-order valence-corrected chi connectivity index (χ4v) is 1.61. The van der Waals surface area contributed by atoms with Crippen LogP contribution in [0, 0.1) is 0 Å². The van der Waals surface area contributed by atoms with Gasteiger partial charge in [-0.2, -0.15) is 4.80 Å². The van der Waals surface area contributed by atoms with Crippen LogP contribution in [0.5, 0.6) is 0 Å². The predicted molar refractivity (Wildman–Crippen MR) is 65.2 cm³/mol. The molecular formula is C12H17N5. The maximum absolute atomic E-state index is 4.10. The van der Waals surface area contributed by atoms with Crippen molar-refractivity contribution in [3.63, 3.8) is 0 Å². The van der Waals surface area contributed by atoms with Crippen LogP contribution >= 0.6 is 0 Å². The average Bonchev–Trinajstić information content (AvgIpc) is 2.76. The molecule has 0 spiro atoms. The number of aryl methyl sites for hydroxylation is 2. The summed E-state index contributed by atoms with van der Waals surface area (Å²) in [6, 6.07) is 8.63. The molecule has 2 aromatic rings. The van der Waals surface area contributed by atoms with Gasteiger partial charge in [-0.3, -0.25) is 0 Å². The van der Waals surface area contributed by atoms with Gasteiger partial charge in [-0.15, -0.1) is 10.2 Å². The standard InChI is InChI=1S/C12H17N5/c1-3-10-4-6-11(7-5-10)8-13-9-12-14-16-17(2)15-12/h4-7,13H,3,8-9H2,1-2H3. The number of aromatic nitrogens is 4. The summed E-state index contributed by atoms with van der Waals surface area (Å²) in [4.78, 5) is 1.47. The Labute approximate surface area is 101 Å². The molecule has 90 valence electrons. The minimum atomic E-state index is 0.642. The summed E-state index contributed by atoms with van der Waals surface area (Å²) in [5, 5.41) is 15.1. The number of nitrogens with zero attached hydrogens (tertiary/aromatic N) is 4. The van der Waals surface area contributed by atoms with Gasteiger partial charge in [0.2, 0.25) is 0 Å². The lowest BCUT2D eigenvalue weighted by Crippen LogP contribution is -2.14. The van der Waals surface area contributed by atoms with Crippen molar-refractivity contribution in [2.24, 2.45) is 7.05 Å². The molecule has 0 atom stereocenters. The van der Waals surface area contributed by atoms with Crippen LogP contribution < -0.4 is 5.32 Å². The maximum atomic E-state index is 4.10. The van der Waals surface area contributed by atoms with E-state index in [0.717, 1.165) is 18.8 Å². The normalized spacial score (nSPS) is 10.7. The summed E-state index contributed by atoms with van der Waals surface area (Å²) in [6.07, 6.45) is 1.08. The average molecular weight is 231 g/mol. The Morgan fingerprint density at radius 2 is 1.82 bits per heavy atom. The van der Waals surface area contributed by atoms with Crippen molar-refractivity contribution in [2.45, 2.75) is 26.4 Å². The largest absolute Gasteiger partial charge is 0.306 e. The van der Waals surface area contributed by atoms with Crippen molar-refractivity contribution >= 4 is 0 Å². The minimum Gasteiger partial charge on any atom is -0.306 e. The zero-order valence-corrected chi connectivity index (χ0v) is 10.2. The number of tetrazole rings is 1. The minimum absolute atomic E-state index is 0.642. The fourth-order valence-electron chi connectivity index (χ4n) is 1.61. The van der Waals surface area contributed by atoms with Crippen LogP contribution in [0.1, 0.15) is 23.9 Å². The molecule has 0 saturated carbocycles. The van der Waals surface area contributed by atoms with Gasteiger partial charge in [0, 0.05) is 6.54 Å². The molecule has 0 fully saturated rings. The third-order valence-electron chi connectivity index (χ3n) is 2.59. The molecule has 0 saturated heterocycles. The smallest absolute Gasteiger partial charge is 0.188 e. The topological polar surface area (TPSA) is 55.6 Å². The summed E-state index contributed by atoms with van der Waals surface area (Å²) < 4.78 is 0. The summed E-state index contributed by atoms with van der Waals surface area (Å²) in [6.45, 7) is 3.62. The molecule has 2 rings (SSSR count). The van der Waals surface area contributed by atoms with E-state index in [1.165, 1.54) is 15.9 Å². The molecule has 0 unspecified atom stereocenters. The Hall–Kier alpha value is -1.75. The first-order valence-corrected chi connectivity index (χ1v) is 5.79. The Balaban J connectivity index is 1.81. The van der Waals surface area contributed by atoms with E-state index in [1.54, 1.807) is 7.05 Å². The maximum Gasteiger partial charge on any atom is 0.188 e. The lowest BCUT2D eigenvalue weighted by atomic mass is 10.1. The highest BCUT2D eigenvalue weighted by molar-refractivity contribution is 5.22. The van der Waals surface area contributed by atoms with Crippen molar-refractivity contribution in [2.75, 3.05) is 0 Å². The fraction of sp³-hybridized carbons (Fsp3) is 0.417. The Bertz CT molecular complexity index is 460. The molecule has 5 heteroatoms. The molecule has 1 heterocycles. The summed E-state index contributed by atoms with van der Waals surface area (Å²) in [5.41, 5.74) is 2.63. The quantitative estimate of drug-likeness (QED) is 0.836. The molecule has 0 aliphatic rings.